The van der Waals surface area contributed by atoms with E-state index in [4.69, 9.17) is 4.74 Å². The molecule has 0 aliphatic carbocycles. The third-order valence-electron chi connectivity index (χ3n) is 4.38. The number of rotatable bonds is 8. The largest absolute Gasteiger partial charge is 0.483 e. The van der Waals surface area contributed by atoms with E-state index in [1.165, 1.54) is 0 Å². The van der Waals surface area contributed by atoms with Crippen molar-refractivity contribution in [2.24, 2.45) is 5.10 Å². The van der Waals surface area contributed by atoms with Crippen LogP contribution in [0.4, 0.5) is 0 Å². The fourth-order valence-corrected chi connectivity index (χ4v) is 3.48. The average Bonchev–Trinajstić information content (AvgIpc) is 2.74. The molecule has 144 valence electrons. The Morgan fingerprint density at radius 1 is 1.04 bits per heavy atom. The Kier molecular flexibility index (Phi) is 7.20. The van der Waals surface area contributed by atoms with Gasteiger partial charge in [0.15, 0.2) is 6.61 Å². The number of hydrogen-bond donors (Lipinski definition) is 1. The van der Waals surface area contributed by atoms with Gasteiger partial charge in [-0.2, -0.15) is 5.10 Å². The second kappa shape index (κ2) is 10.0. The fraction of sp³-hybridized carbons (Fsp3) is 0.217. The number of hydrogen-bond acceptors (Lipinski definition) is 3. The van der Waals surface area contributed by atoms with Gasteiger partial charge in [0, 0.05) is 0 Å². The van der Waals surface area contributed by atoms with E-state index in [9.17, 15) is 4.79 Å². The summed E-state index contributed by atoms with van der Waals surface area (Å²) in [6, 6.07) is 21.8. The first-order chi connectivity index (χ1) is 13.7. The number of ether oxygens (including phenoxy) is 1. The lowest BCUT2D eigenvalue weighted by Crippen LogP contribution is -2.26. The SMILES string of the molecule is CCCCC(=NNC(=O)COc1ccc2ccccc2c1Br)c1ccccc1. The first-order valence-corrected chi connectivity index (χ1v) is 10.2. The Balaban J connectivity index is 1.64. The molecule has 1 amide bonds. The molecule has 0 aliphatic rings. The van der Waals surface area contributed by atoms with Crippen LogP contribution in [0.3, 0.4) is 0 Å². The van der Waals surface area contributed by atoms with Crippen molar-refractivity contribution in [2.45, 2.75) is 26.2 Å². The predicted molar refractivity (Wildman–Crippen MR) is 118 cm³/mol. The summed E-state index contributed by atoms with van der Waals surface area (Å²) >= 11 is 3.57. The minimum absolute atomic E-state index is 0.101. The van der Waals surface area contributed by atoms with E-state index in [2.05, 4.69) is 33.4 Å². The minimum Gasteiger partial charge on any atom is -0.483 e. The summed E-state index contributed by atoms with van der Waals surface area (Å²) in [7, 11) is 0. The zero-order valence-electron chi connectivity index (χ0n) is 15.8. The molecule has 1 N–H and O–H groups in total. The third kappa shape index (κ3) is 5.20. The highest BCUT2D eigenvalue weighted by Crippen LogP contribution is 2.32. The first-order valence-electron chi connectivity index (χ1n) is 9.40. The molecule has 5 heteroatoms. The lowest BCUT2D eigenvalue weighted by molar-refractivity contribution is -0.123. The molecule has 0 unspecified atom stereocenters. The zero-order valence-corrected chi connectivity index (χ0v) is 17.4. The van der Waals surface area contributed by atoms with Crippen LogP contribution in [-0.2, 0) is 4.79 Å². The Hall–Kier alpha value is -2.66. The molecule has 28 heavy (non-hydrogen) atoms. The van der Waals surface area contributed by atoms with Gasteiger partial charge in [0.2, 0.25) is 0 Å². The van der Waals surface area contributed by atoms with Crippen LogP contribution >= 0.6 is 15.9 Å². The van der Waals surface area contributed by atoms with Crippen LogP contribution in [0.2, 0.25) is 0 Å². The summed E-state index contributed by atoms with van der Waals surface area (Å²) in [5.41, 5.74) is 4.53. The van der Waals surface area contributed by atoms with Crippen molar-refractivity contribution in [2.75, 3.05) is 6.61 Å². The third-order valence-corrected chi connectivity index (χ3v) is 5.19. The van der Waals surface area contributed by atoms with Crippen LogP contribution in [0.5, 0.6) is 5.75 Å². The number of amides is 1. The van der Waals surface area contributed by atoms with E-state index in [-0.39, 0.29) is 12.5 Å². The highest BCUT2D eigenvalue weighted by molar-refractivity contribution is 9.10. The van der Waals surface area contributed by atoms with Crippen molar-refractivity contribution in [3.63, 3.8) is 0 Å². The van der Waals surface area contributed by atoms with Gasteiger partial charge in [-0.3, -0.25) is 4.79 Å². The number of fused-ring (bicyclic) bond motifs is 1. The topological polar surface area (TPSA) is 50.7 Å². The van der Waals surface area contributed by atoms with E-state index in [0.29, 0.717) is 5.75 Å². The Morgan fingerprint density at radius 3 is 2.57 bits per heavy atom. The van der Waals surface area contributed by atoms with Crippen molar-refractivity contribution in [3.8, 4) is 5.75 Å². The molecule has 3 rings (SSSR count). The minimum atomic E-state index is -0.287. The van der Waals surface area contributed by atoms with E-state index in [0.717, 1.165) is 45.8 Å². The van der Waals surface area contributed by atoms with Crippen LogP contribution in [-0.4, -0.2) is 18.2 Å². The molecule has 0 radical (unpaired) electrons. The molecular formula is C23H23BrN2O2. The monoisotopic (exact) mass is 438 g/mol. The van der Waals surface area contributed by atoms with Gasteiger partial charge in [-0.25, -0.2) is 5.43 Å². The van der Waals surface area contributed by atoms with Gasteiger partial charge in [-0.15, -0.1) is 0 Å². The Labute approximate surface area is 173 Å². The number of carbonyl (C=O) groups is 1. The molecule has 0 aliphatic heterocycles. The Morgan fingerprint density at radius 2 is 1.79 bits per heavy atom. The molecule has 0 aromatic heterocycles. The molecule has 3 aromatic rings. The molecule has 0 atom stereocenters. The number of nitrogens with zero attached hydrogens (tertiary/aromatic N) is 1. The highest BCUT2D eigenvalue weighted by atomic mass is 79.9. The predicted octanol–water partition coefficient (Wildman–Crippen LogP) is 5.69. The van der Waals surface area contributed by atoms with Gasteiger partial charge in [0.25, 0.3) is 5.91 Å². The maximum absolute atomic E-state index is 12.2. The van der Waals surface area contributed by atoms with E-state index in [1.807, 2.05) is 66.7 Å². The Bertz CT molecular complexity index is 971. The zero-order chi connectivity index (χ0) is 19.8. The maximum atomic E-state index is 12.2. The van der Waals surface area contributed by atoms with Gasteiger partial charge in [-0.1, -0.05) is 74.0 Å². The molecule has 0 fully saturated rings. The number of carbonyl (C=O) groups excluding carboxylic acids is 1. The molecule has 0 bridgehead atoms. The van der Waals surface area contributed by atoms with Gasteiger partial charge in [0.05, 0.1) is 10.2 Å². The molecule has 0 heterocycles. The highest BCUT2D eigenvalue weighted by Gasteiger charge is 2.09. The second-order valence-corrected chi connectivity index (χ2v) is 7.24. The molecule has 0 saturated carbocycles. The van der Waals surface area contributed by atoms with Crippen molar-refractivity contribution in [1.82, 2.24) is 5.43 Å². The number of benzene rings is 3. The lowest BCUT2D eigenvalue weighted by Gasteiger charge is -2.10. The van der Waals surface area contributed by atoms with E-state index < -0.39 is 0 Å². The van der Waals surface area contributed by atoms with Gasteiger partial charge >= 0.3 is 0 Å². The summed E-state index contributed by atoms with van der Waals surface area (Å²) in [6.45, 7) is 2.03. The number of halogens is 1. The van der Waals surface area contributed by atoms with Gasteiger partial charge in [0.1, 0.15) is 5.75 Å². The summed E-state index contributed by atoms with van der Waals surface area (Å²) in [5, 5.41) is 6.50. The molecule has 0 saturated heterocycles. The number of nitrogens with one attached hydrogen (secondary N) is 1. The van der Waals surface area contributed by atoms with Crippen molar-refractivity contribution < 1.29 is 9.53 Å². The molecular weight excluding hydrogens is 416 g/mol. The quantitative estimate of drug-likeness (QED) is 0.362. The van der Waals surface area contributed by atoms with Gasteiger partial charge < -0.3 is 4.74 Å². The van der Waals surface area contributed by atoms with E-state index in [1.54, 1.807) is 0 Å². The average molecular weight is 439 g/mol. The van der Waals surface area contributed by atoms with E-state index >= 15 is 0 Å². The summed E-state index contributed by atoms with van der Waals surface area (Å²) in [4.78, 5) is 12.2. The van der Waals surface area contributed by atoms with Gasteiger partial charge in [-0.05, 0) is 51.2 Å². The van der Waals surface area contributed by atoms with Crippen LogP contribution < -0.4 is 10.2 Å². The van der Waals surface area contributed by atoms with Crippen LogP contribution in [0, 0.1) is 0 Å². The first kappa shape index (κ1) is 20.1. The molecule has 0 spiro atoms. The molecule has 3 aromatic carbocycles. The van der Waals surface area contributed by atoms with Crippen molar-refractivity contribution in [1.29, 1.82) is 0 Å². The summed E-state index contributed by atoms with van der Waals surface area (Å²) in [5.74, 6) is 0.345. The number of unbranched alkanes of at least 4 members (excludes halogenated alkanes) is 1. The van der Waals surface area contributed by atoms with Crippen LogP contribution in [0.1, 0.15) is 31.7 Å². The fourth-order valence-electron chi connectivity index (χ4n) is 2.87. The summed E-state index contributed by atoms with van der Waals surface area (Å²) < 4.78 is 6.54. The van der Waals surface area contributed by atoms with Crippen molar-refractivity contribution >= 4 is 38.3 Å². The summed E-state index contributed by atoms with van der Waals surface area (Å²) in [6.07, 6.45) is 2.90. The lowest BCUT2D eigenvalue weighted by atomic mass is 10.1. The standard InChI is InChI=1S/C23H23BrN2O2/c1-2-3-13-20(18-10-5-4-6-11-18)25-26-22(27)16-28-21-15-14-17-9-7-8-12-19(17)23(21)24/h4-12,14-15H,2-3,13,16H2,1H3,(H,26,27). The smallest absolute Gasteiger partial charge is 0.277 e. The van der Waals surface area contributed by atoms with Crippen LogP contribution in [0.25, 0.3) is 10.8 Å². The normalized spacial score (nSPS) is 11.4. The molecule has 4 nitrogen and oxygen atoms in total. The second-order valence-electron chi connectivity index (χ2n) is 6.45. The number of hydrazone groups is 1. The van der Waals surface area contributed by atoms with Crippen molar-refractivity contribution in [3.05, 3.63) is 76.8 Å². The maximum Gasteiger partial charge on any atom is 0.277 e. The van der Waals surface area contributed by atoms with Crippen LogP contribution in [0.15, 0.2) is 76.3 Å².